The molecule has 2 N–H and O–H groups in total. The zero-order chi connectivity index (χ0) is 26.2. The standard InChI is InChI=1S/C14H21NO3.C12H15NO2.C2H6/c1-4-15(3)10-13(16)12-6-5-7-14(17)18-9-8-11(12)2;1-2-13-6-5-9-3-4-11-10(7-9)8-15-12(11)14;1-2/h5-8,13,16H,4,9-10H2,1-3H3;3-4,7,13H,2,5-6,8H2,1H3;1-2H3/b7-5+,11-8+,12-6+;;. The van der Waals surface area contributed by atoms with E-state index in [1.54, 1.807) is 12.2 Å². The van der Waals surface area contributed by atoms with Crippen LogP contribution in [0.2, 0.25) is 0 Å². The quantitative estimate of drug-likeness (QED) is 0.427. The molecule has 0 saturated heterocycles. The molecule has 0 saturated carbocycles. The number of allylic oxidation sites excluding steroid dienone is 2. The van der Waals surface area contributed by atoms with Crippen molar-refractivity contribution >= 4 is 11.9 Å². The molecule has 1 unspecified atom stereocenters. The van der Waals surface area contributed by atoms with E-state index in [-0.39, 0.29) is 18.5 Å². The van der Waals surface area contributed by atoms with Gasteiger partial charge in [-0.15, -0.1) is 0 Å². The van der Waals surface area contributed by atoms with E-state index in [2.05, 4.69) is 18.3 Å². The number of aliphatic hydroxyl groups excluding tert-OH is 1. The second-order valence-electron chi connectivity index (χ2n) is 8.04. The van der Waals surface area contributed by atoms with Crippen molar-refractivity contribution in [2.75, 3.05) is 39.8 Å². The number of ether oxygens (including phenoxy) is 2. The van der Waals surface area contributed by atoms with Crippen LogP contribution in [0.25, 0.3) is 0 Å². The van der Waals surface area contributed by atoms with Gasteiger partial charge in [-0.3, -0.25) is 0 Å². The highest BCUT2D eigenvalue weighted by Gasteiger charge is 2.20. The highest BCUT2D eigenvalue weighted by molar-refractivity contribution is 5.93. The molecule has 2 heterocycles. The molecule has 0 fully saturated rings. The highest BCUT2D eigenvalue weighted by Crippen LogP contribution is 2.21. The molecule has 1 atom stereocenters. The summed E-state index contributed by atoms with van der Waals surface area (Å²) < 4.78 is 9.89. The molecule has 0 spiro atoms. The predicted molar refractivity (Wildman–Crippen MR) is 140 cm³/mol. The molecule has 35 heavy (non-hydrogen) atoms. The molecule has 2 aliphatic heterocycles. The van der Waals surface area contributed by atoms with E-state index in [0.29, 0.717) is 13.2 Å². The molecule has 0 aliphatic carbocycles. The van der Waals surface area contributed by atoms with Crippen LogP contribution in [-0.2, 0) is 27.3 Å². The van der Waals surface area contributed by atoms with Crippen LogP contribution in [0.1, 0.15) is 56.1 Å². The van der Waals surface area contributed by atoms with Crippen LogP contribution < -0.4 is 5.32 Å². The monoisotopic (exact) mass is 486 g/mol. The molecule has 0 radical (unpaired) electrons. The summed E-state index contributed by atoms with van der Waals surface area (Å²) >= 11 is 0. The summed E-state index contributed by atoms with van der Waals surface area (Å²) in [5.41, 5.74) is 4.76. The van der Waals surface area contributed by atoms with Gasteiger partial charge in [-0.1, -0.05) is 52.0 Å². The van der Waals surface area contributed by atoms with Crippen LogP contribution in [0.15, 0.2) is 53.6 Å². The first-order valence-electron chi connectivity index (χ1n) is 12.4. The van der Waals surface area contributed by atoms with Gasteiger partial charge in [-0.2, -0.15) is 0 Å². The van der Waals surface area contributed by atoms with E-state index in [1.807, 2.05) is 57.9 Å². The van der Waals surface area contributed by atoms with Gasteiger partial charge in [-0.25, -0.2) is 9.59 Å². The van der Waals surface area contributed by atoms with Gasteiger partial charge >= 0.3 is 11.9 Å². The Morgan fingerprint density at radius 3 is 2.60 bits per heavy atom. The van der Waals surface area contributed by atoms with Crippen LogP contribution in [0.3, 0.4) is 0 Å². The third kappa shape index (κ3) is 10.6. The average molecular weight is 487 g/mol. The topological polar surface area (TPSA) is 88.1 Å². The van der Waals surface area contributed by atoms with E-state index in [9.17, 15) is 14.7 Å². The Morgan fingerprint density at radius 2 is 1.91 bits per heavy atom. The van der Waals surface area contributed by atoms with Crippen molar-refractivity contribution in [3.8, 4) is 0 Å². The van der Waals surface area contributed by atoms with Crippen molar-refractivity contribution < 1.29 is 24.2 Å². The van der Waals surface area contributed by atoms with E-state index < -0.39 is 6.10 Å². The Bertz CT molecular complexity index is 905. The molecule has 2 aliphatic rings. The molecule has 7 heteroatoms. The number of hydrogen-bond acceptors (Lipinski definition) is 7. The number of nitrogens with one attached hydrogen (secondary N) is 1. The van der Waals surface area contributed by atoms with Crippen LogP contribution in [0.4, 0.5) is 0 Å². The summed E-state index contributed by atoms with van der Waals surface area (Å²) in [6.45, 7) is 14.1. The Labute approximate surface area is 210 Å². The van der Waals surface area contributed by atoms with Gasteiger partial charge < -0.3 is 24.8 Å². The number of nitrogens with zero attached hydrogens (tertiary/aromatic N) is 1. The van der Waals surface area contributed by atoms with Crippen LogP contribution in [0.5, 0.6) is 0 Å². The number of rotatable bonds is 8. The third-order valence-corrected chi connectivity index (χ3v) is 5.55. The summed E-state index contributed by atoms with van der Waals surface area (Å²) in [6, 6.07) is 5.94. The minimum atomic E-state index is -0.566. The Hall–Kier alpha value is -2.74. The molecule has 1 aromatic carbocycles. The predicted octanol–water partition coefficient (Wildman–Crippen LogP) is 3.82. The third-order valence-electron chi connectivity index (χ3n) is 5.55. The number of carbonyl (C=O) groups is 2. The first kappa shape index (κ1) is 30.3. The van der Waals surface area contributed by atoms with Gasteiger partial charge in [-0.05, 0) is 68.9 Å². The second kappa shape index (κ2) is 16.8. The number of hydrogen-bond donors (Lipinski definition) is 2. The fourth-order valence-electron chi connectivity index (χ4n) is 3.42. The number of cyclic esters (lactones) is 2. The summed E-state index contributed by atoms with van der Waals surface area (Å²) in [4.78, 5) is 24.4. The van der Waals surface area contributed by atoms with Crippen molar-refractivity contribution in [2.24, 2.45) is 0 Å². The number of likely N-dealkylation sites (N-methyl/N-ethyl adjacent to an activating group) is 2. The van der Waals surface area contributed by atoms with Crippen LogP contribution in [0, 0.1) is 0 Å². The maximum Gasteiger partial charge on any atom is 0.338 e. The maximum atomic E-state index is 11.2. The van der Waals surface area contributed by atoms with Gasteiger partial charge in [0.1, 0.15) is 13.2 Å². The summed E-state index contributed by atoms with van der Waals surface area (Å²) in [6.07, 6.45) is 7.00. The molecule has 3 rings (SSSR count). The lowest BCUT2D eigenvalue weighted by Crippen LogP contribution is -2.30. The van der Waals surface area contributed by atoms with E-state index >= 15 is 0 Å². The minimum absolute atomic E-state index is 0.191. The van der Waals surface area contributed by atoms with Gasteiger partial charge in [0.05, 0.1) is 11.7 Å². The smallest absolute Gasteiger partial charge is 0.338 e. The first-order valence-corrected chi connectivity index (χ1v) is 12.4. The number of esters is 2. The van der Waals surface area contributed by atoms with Crippen molar-refractivity contribution in [2.45, 2.75) is 53.8 Å². The lowest BCUT2D eigenvalue weighted by molar-refractivity contribution is -0.136. The molecular weight excluding hydrogens is 444 g/mol. The second-order valence-corrected chi connectivity index (χ2v) is 8.04. The van der Waals surface area contributed by atoms with Gasteiger partial charge in [0, 0.05) is 18.2 Å². The normalized spacial score (nSPS) is 19.4. The zero-order valence-electron chi connectivity index (χ0n) is 22.1. The first-order chi connectivity index (χ1) is 16.8. The number of aliphatic hydroxyl groups is 1. The van der Waals surface area contributed by atoms with E-state index in [1.165, 1.54) is 11.6 Å². The minimum Gasteiger partial charge on any atom is -0.458 e. The van der Waals surface area contributed by atoms with Crippen molar-refractivity contribution in [1.82, 2.24) is 10.2 Å². The van der Waals surface area contributed by atoms with Crippen LogP contribution >= 0.6 is 0 Å². The highest BCUT2D eigenvalue weighted by atomic mass is 16.5. The molecular formula is C28H42N2O5. The van der Waals surface area contributed by atoms with Crippen molar-refractivity contribution in [3.63, 3.8) is 0 Å². The summed E-state index contributed by atoms with van der Waals surface area (Å²) in [5, 5.41) is 13.5. The SMILES string of the molecule is CC.CCN(C)CC(O)C1=C/C=C/C(=O)OC\C=C\1C.CCNCCc1ccc2c(c1)COC2=O. The average Bonchev–Trinajstić information content (AvgIpc) is 3.26. The summed E-state index contributed by atoms with van der Waals surface area (Å²) in [5.74, 6) is -0.556. The fraction of sp³-hybridized carbons (Fsp3) is 0.500. The molecule has 7 nitrogen and oxygen atoms in total. The lowest BCUT2D eigenvalue weighted by atomic mass is 10.0. The Balaban J connectivity index is 0.000000331. The Morgan fingerprint density at radius 1 is 1.17 bits per heavy atom. The van der Waals surface area contributed by atoms with E-state index in [0.717, 1.165) is 48.3 Å². The van der Waals surface area contributed by atoms with Crippen molar-refractivity contribution in [3.05, 3.63) is 70.3 Å². The van der Waals surface area contributed by atoms with Gasteiger partial charge in [0.2, 0.25) is 0 Å². The molecule has 1 aromatic rings. The summed E-state index contributed by atoms with van der Waals surface area (Å²) in [7, 11) is 1.96. The maximum absolute atomic E-state index is 11.2. The molecule has 194 valence electrons. The number of fused-ring (bicyclic) bond motifs is 1. The zero-order valence-corrected chi connectivity index (χ0v) is 22.1. The lowest BCUT2D eigenvalue weighted by Gasteiger charge is -2.21. The molecule has 0 aromatic heterocycles. The Kier molecular flexibility index (Phi) is 14.6. The number of carbonyl (C=O) groups excluding carboxylic acids is 2. The molecule has 0 amide bonds. The van der Waals surface area contributed by atoms with Gasteiger partial charge in [0.15, 0.2) is 0 Å². The van der Waals surface area contributed by atoms with Gasteiger partial charge in [0.25, 0.3) is 0 Å². The van der Waals surface area contributed by atoms with Crippen molar-refractivity contribution in [1.29, 1.82) is 0 Å². The van der Waals surface area contributed by atoms with Crippen LogP contribution in [-0.4, -0.2) is 67.9 Å². The molecule has 0 bridgehead atoms. The number of benzene rings is 1. The van der Waals surface area contributed by atoms with E-state index in [4.69, 9.17) is 9.47 Å². The largest absolute Gasteiger partial charge is 0.458 e. The fourth-order valence-corrected chi connectivity index (χ4v) is 3.42.